The average molecular weight is 294 g/mol. The molecule has 0 aliphatic rings. The molecule has 2 rings (SSSR count). The van der Waals surface area contributed by atoms with Gasteiger partial charge in [0.25, 0.3) is 0 Å². The van der Waals surface area contributed by atoms with Crippen molar-refractivity contribution in [2.24, 2.45) is 0 Å². The minimum Gasteiger partial charge on any atom is -0.507 e. The summed E-state index contributed by atoms with van der Waals surface area (Å²) in [5.74, 6) is -1.19. The largest absolute Gasteiger partial charge is 0.507 e. The van der Waals surface area contributed by atoms with Gasteiger partial charge in [-0.15, -0.1) is 0 Å². The summed E-state index contributed by atoms with van der Waals surface area (Å²) in [5, 5.41) is 17.3. The van der Waals surface area contributed by atoms with E-state index in [0.717, 1.165) is 0 Å². The van der Waals surface area contributed by atoms with Gasteiger partial charge in [0.15, 0.2) is 0 Å². The highest BCUT2D eigenvalue weighted by Gasteiger charge is 2.05. The number of aromatic nitrogens is 3. The minimum absolute atomic E-state index is 0.0417. The Morgan fingerprint density at radius 2 is 1.33 bits per heavy atom. The highest BCUT2D eigenvalue weighted by molar-refractivity contribution is 5.90. The van der Waals surface area contributed by atoms with Gasteiger partial charge < -0.3 is 32.2 Å². The van der Waals surface area contributed by atoms with E-state index in [4.69, 9.17) is 32.2 Å². The van der Waals surface area contributed by atoms with Crippen molar-refractivity contribution in [3.05, 3.63) is 29.8 Å². The van der Waals surface area contributed by atoms with Crippen molar-refractivity contribution in [2.45, 2.75) is 0 Å². The van der Waals surface area contributed by atoms with Crippen LogP contribution in [0.25, 0.3) is 0 Å². The van der Waals surface area contributed by atoms with Crippen LogP contribution in [0.2, 0.25) is 0 Å². The van der Waals surface area contributed by atoms with Gasteiger partial charge in [0.2, 0.25) is 17.8 Å². The SMILES string of the molecule is C=O.Nc1nc(N)nc(N)n1.O=C(O)c1ccccc1O. The maximum atomic E-state index is 10.3. The van der Waals surface area contributed by atoms with E-state index in [9.17, 15) is 4.79 Å². The molecule has 0 unspecified atom stereocenters. The molecule has 0 saturated heterocycles. The summed E-state index contributed by atoms with van der Waals surface area (Å²) < 4.78 is 0. The van der Waals surface area contributed by atoms with E-state index in [1.807, 2.05) is 6.79 Å². The fourth-order valence-electron chi connectivity index (χ4n) is 1.08. The molecule has 10 heteroatoms. The molecule has 0 aliphatic carbocycles. The predicted molar refractivity (Wildman–Crippen MR) is 75.3 cm³/mol. The molecule has 0 atom stereocenters. The molecule has 8 N–H and O–H groups in total. The Labute approximate surface area is 119 Å². The average Bonchev–Trinajstić information content (AvgIpc) is 2.40. The molecule has 0 saturated carbocycles. The maximum absolute atomic E-state index is 10.3. The Kier molecular flexibility index (Phi) is 7.22. The summed E-state index contributed by atoms with van der Waals surface area (Å²) >= 11 is 0. The first-order valence-electron chi connectivity index (χ1n) is 5.23. The maximum Gasteiger partial charge on any atom is 0.339 e. The van der Waals surface area contributed by atoms with Gasteiger partial charge in [-0.2, -0.15) is 15.0 Å². The van der Waals surface area contributed by atoms with Crippen LogP contribution in [0.15, 0.2) is 24.3 Å². The molecule has 2 aromatic rings. The molecule has 0 amide bonds. The Hall–Kier alpha value is -3.43. The van der Waals surface area contributed by atoms with Gasteiger partial charge in [-0.1, -0.05) is 12.1 Å². The van der Waals surface area contributed by atoms with Gasteiger partial charge in [0.05, 0.1) is 0 Å². The van der Waals surface area contributed by atoms with Crippen LogP contribution in [-0.4, -0.2) is 37.9 Å². The summed E-state index contributed by atoms with van der Waals surface area (Å²) in [6, 6.07) is 5.81. The molecule has 112 valence electrons. The summed E-state index contributed by atoms with van der Waals surface area (Å²) in [6.45, 7) is 2.00. The van der Waals surface area contributed by atoms with E-state index < -0.39 is 5.97 Å². The number of phenols is 1. The van der Waals surface area contributed by atoms with E-state index in [-0.39, 0.29) is 29.2 Å². The lowest BCUT2D eigenvalue weighted by Crippen LogP contribution is -2.05. The van der Waals surface area contributed by atoms with Gasteiger partial charge in [0, 0.05) is 0 Å². The van der Waals surface area contributed by atoms with Crippen LogP contribution in [0, 0.1) is 0 Å². The zero-order valence-corrected chi connectivity index (χ0v) is 10.8. The van der Waals surface area contributed by atoms with Gasteiger partial charge >= 0.3 is 5.97 Å². The molecule has 21 heavy (non-hydrogen) atoms. The number of carbonyl (C=O) groups excluding carboxylic acids is 1. The highest BCUT2D eigenvalue weighted by atomic mass is 16.4. The topological polar surface area (TPSA) is 191 Å². The van der Waals surface area contributed by atoms with Crippen molar-refractivity contribution in [3.8, 4) is 5.75 Å². The van der Waals surface area contributed by atoms with Crippen molar-refractivity contribution in [1.29, 1.82) is 0 Å². The van der Waals surface area contributed by atoms with E-state index in [0.29, 0.717) is 0 Å². The number of benzene rings is 1. The first-order valence-corrected chi connectivity index (χ1v) is 5.23. The number of carboxylic acid groups (broad SMARTS) is 1. The number of nitrogens with two attached hydrogens (primary N) is 3. The number of carbonyl (C=O) groups is 2. The number of carboxylic acids is 1. The minimum atomic E-state index is -1.11. The molecule has 0 radical (unpaired) electrons. The van der Waals surface area contributed by atoms with Crippen molar-refractivity contribution in [1.82, 2.24) is 15.0 Å². The zero-order valence-electron chi connectivity index (χ0n) is 10.8. The zero-order chi connectivity index (χ0) is 16.4. The molecular formula is C11H14N6O4. The summed E-state index contributed by atoms with van der Waals surface area (Å²) in [6.07, 6.45) is 0. The fourth-order valence-corrected chi connectivity index (χ4v) is 1.08. The number of anilines is 3. The molecule has 10 nitrogen and oxygen atoms in total. The van der Waals surface area contributed by atoms with Crippen LogP contribution in [0.4, 0.5) is 17.8 Å². The first-order chi connectivity index (χ1) is 9.90. The molecule has 1 aromatic carbocycles. The van der Waals surface area contributed by atoms with E-state index in [2.05, 4.69) is 15.0 Å². The lowest BCUT2D eigenvalue weighted by atomic mass is 10.2. The van der Waals surface area contributed by atoms with E-state index >= 15 is 0 Å². The van der Waals surface area contributed by atoms with Crippen LogP contribution >= 0.6 is 0 Å². The lowest BCUT2D eigenvalue weighted by molar-refractivity contribution is -0.0980. The second-order valence-electron chi connectivity index (χ2n) is 3.23. The van der Waals surface area contributed by atoms with Crippen molar-refractivity contribution in [3.63, 3.8) is 0 Å². The number of aromatic carboxylic acids is 1. The van der Waals surface area contributed by atoms with E-state index in [1.165, 1.54) is 12.1 Å². The number of nitrogens with zero attached hydrogens (tertiary/aromatic N) is 3. The molecule has 1 heterocycles. The number of aromatic hydroxyl groups is 1. The highest BCUT2D eigenvalue weighted by Crippen LogP contribution is 2.14. The second-order valence-corrected chi connectivity index (χ2v) is 3.23. The predicted octanol–water partition coefficient (Wildman–Crippen LogP) is -0.476. The van der Waals surface area contributed by atoms with Crippen LogP contribution in [-0.2, 0) is 4.79 Å². The number of nitrogen functional groups attached to an aromatic ring is 3. The van der Waals surface area contributed by atoms with Crippen molar-refractivity contribution >= 4 is 30.6 Å². The van der Waals surface area contributed by atoms with Crippen LogP contribution < -0.4 is 17.2 Å². The molecule has 1 aromatic heterocycles. The third-order valence-electron chi connectivity index (χ3n) is 1.82. The summed E-state index contributed by atoms with van der Waals surface area (Å²) in [7, 11) is 0. The molecule has 0 spiro atoms. The summed E-state index contributed by atoms with van der Waals surface area (Å²) in [5.41, 5.74) is 15.3. The van der Waals surface area contributed by atoms with Crippen LogP contribution in [0.3, 0.4) is 0 Å². The Bertz CT molecular complexity index is 557. The first kappa shape index (κ1) is 17.6. The van der Waals surface area contributed by atoms with Gasteiger partial charge in [-0.05, 0) is 12.1 Å². The van der Waals surface area contributed by atoms with Crippen LogP contribution in [0.1, 0.15) is 10.4 Å². The quantitative estimate of drug-likeness (QED) is 0.458. The second kappa shape index (κ2) is 8.63. The molecule has 0 aliphatic heterocycles. The third-order valence-corrected chi connectivity index (χ3v) is 1.82. The monoisotopic (exact) mass is 294 g/mol. The summed E-state index contributed by atoms with van der Waals surface area (Å²) in [4.78, 5) is 28.7. The number of para-hydroxylation sites is 1. The van der Waals surface area contributed by atoms with Gasteiger partial charge in [-0.3, -0.25) is 0 Å². The smallest absolute Gasteiger partial charge is 0.339 e. The Morgan fingerprint density at radius 1 is 0.952 bits per heavy atom. The molecule has 0 fully saturated rings. The standard InChI is InChI=1S/C7H6O3.C3H6N6.CH2O/c8-6-4-2-1-3-5(6)7(9)10;4-1-7-2(5)9-3(6)8-1;1-2/h1-4,8H,(H,9,10);(H6,4,5,6,7,8,9);1H2. The van der Waals surface area contributed by atoms with Crippen molar-refractivity contribution < 1.29 is 19.8 Å². The van der Waals surface area contributed by atoms with Gasteiger partial charge in [0.1, 0.15) is 18.1 Å². The van der Waals surface area contributed by atoms with E-state index in [1.54, 1.807) is 12.1 Å². The Morgan fingerprint density at radius 3 is 1.62 bits per heavy atom. The number of rotatable bonds is 1. The van der Waals surface area contributed by atoms with Gasteiger partial charge in [-0.25, -0.2) is 4.79 Å². The number of hydrogen-bond acceptors (Lipinski definition) is 9. The fraction of sp³-hybridized carbons (Fsp3) is 0. The number of hydrogen-bond donors (Lipinski definition) is 5. The lowest BCUT2D eigenvalue weighted by Gasteiger charge is -1.95. The van der Waals surface area contributed by atoms with Crippen LogP contribution in [0.5, 0.6) is 5.75 Å². The third kappa shape index (κ3) is 6.33. The molecular weight excluding hydrogens is 280 g/mol. The normalized spacial score (nSPS) is 8.57. The molecule has 0 bridgehead atoms. The van der Waals surface area contributed by atoms with Crippen molar-refractivity contribution in [2.75, 3.05) is 17.2 Å². The Balaban J connectivity index is 0.000000342.